The standard InChI is InChI=1S/C13H17NO2S/c1-7-5-8(2)11-10(6-7)17-12(13(15)16)9(3)14(11)4/h5-6,9,12H,1-4H3,(H,15,16). The van der Waals surface area contributed by atoms with Crippen molar-refractivity contribution in [2.45, 2.75) is 37.0 Å². The minimum atomic E-state index is -0.737. The predicted molar refractivity (Wildman–Crippen MR) is 71.1 cm³/mol. The third-order valence-electron chi connectivity index (χ3n) is 3.31. The van der Waals surface area contributed by atoms with E-state index < -0.39 is 11.2 Å². The maximum Gasteiger partial charge on any atom is 0.319 e. The Labute approximate surface area is 106 Å². The van der Waals surface area contributed by atoms with Crippen LogP contribution in [0.5, 0.6) is 0 Å². The number of carboxylic acid groups (broad SMARTS) is 1. The van der Waals surface area contributed by atoms with Gasteiger partial charge < -0.3 is 10.0 Å². The summed E-state index contributed by atoms with van der Waals surface area (Å²) < 4.78 is 0. The van der Waals surface area contributed by atoms with E-state index in [4.69, 9.17) is 0 Å². The minimum Gasteiger partial charge on any atom is -0.480 e. The van der Waals surface area contributed by atoms with Crippen LogP contribution in [-0.2, 0) is 4.79 Å². The Bertz CT molecular complexity index is 473. The average Bonchev–Trinajstić information content (AvgIpc) is 2.21. The second-order valence-electron chi connectivity index (χ2n) is 4.66. The van der Waals surface area contributed by atoms with Gasteiger partial charge in [-0.2, -0.15) is 0 Å². The molecule has 0 aromatic heterocycles. The van der Waals surface area contributed by atoms with Crippen molar-refractivity contribution < 1.29 is 9.90 Å². The van der Waals surface area contributed by atoms with Crippen molar-refractivity contribution in [2.24, 2.45) is 0 Å². The SMILES string of the molecule is Cc1cc(C)c2c(c1)SC(C(=O)O)C(C)N2C. The van der Waals surface area contributed by atoms with Gasteiger partial charge in [0, 0.05) is 18.0 Å². The molecule has 1 aliphatic heterocycles. The van der Waals surface area contributed by atoms with Crippen LogP contribution in [0.2, 0.25) is 0 Å². The fraction of sp³-hybridized carbons (Fsp3) is 0.462. The summed E-state index contributed by atoms with van der Waals surface area (Å²) in [5.41, 5.74) is 3.57. The van der Waals surface area contributed by atoms with Gasteiger partial charge in [0.1, 0.15) is 5.25 Å². The molecular weight excluding hydrogens is 234 g/mol. The molecule has 4 heteroatoms. The fourth-order valence-electron chi connectivity index (χ4n) is 2.36. The van der Waals surface area contributed by atoms with Gasteiger partial charge >= 0.3 is 5.97 Å². The van der Waals surface area contributed by atoms with E-state index in [0.717, 1.165) is 4.90 Å². The molecule has 92 valence electrons. The van der Waals surface area contributed by atoms with Gasteiger partial charge in [-0.25, -0.2) is 0 Å². The lowest BCUT2D eigenvalue weighted by Crippen LogP contribution is -2.44. The summed E-state index contributed by atoms with van der Waals surface area (Å²) >= 11 is 1.46. The summed E-state index contributed by atoms with van der Waals surface area (Å²) in [5, 5.41) is 8.85. The minimum absolute atomic E-state index is 0.00593. The third kappa shape index (κ3) is 2.02. The number of benzene rings is 1. The summed E-state index contributed by atoms with van der Waals surface area (Å²) in [7, 11) is 1.97. The van der Waals surface area contributed by atoms with Crippen LogP contribution >= 0.6 is 11.8 Å². The highest BCUT2D eigenvalue weighted by Crippen LogP contribution is 2.43. The van der Waals surface area contributed by atoms with E-state index in [2.05, 4.69) is 24.0 Å². The van der Waals surface area contributed by atoms with Crippen molar-refractivity contribution >= 4 is 23.4 Å². The van der Waals surface area contributed by atoms with Crippen molar-refractivity contribution in [3.8, 4) is 0 Å². The second kappa shape index (κ2) is 4.26. The summed E-state index contributed by atoms with van der Waals surface area (Å²) in [6, 6.07) is 4.22. The predicted octanol–water partition coefficient (Wildman–Crippen LogP) is 2.69. The monoisotopic (exact) mass is 251 g/mol. The topological polar surface area (TPSA) is 40.5 Å². The number of rotatable bonds is 1. The first kappa shape index (κ1) is 12.3. The summed E-state index contributed by atoms with van der Waals surface area (Å²) in [6.45, 7) is 6.09. The molecule has 3 nitrogen and oxygen atoms in total. The van der Waals surface area contributed by atoms with E-state index >= 15 is 0 Å². The number of aryl methyl sites for hydroxylation is 2. The van der Waals surface area contributed by atoms with E-state index in [1.54, 1.807) is 0 Å². The highest BCUT2D eigenvalue weighted by atomic mass is 32.2. The van der Waals surface area contributed by atoms with Gasteiger partial charge in [-0.3, -0.25) is 4.79 Å². The van der Waals surface area contributed by atoms with Crippen LogP contribution in [0.15, 0.2) is 17.0 Å². The first-order chi connectivity index (χ1) is 7.91. The Morgan fingerprint density at radius 2 is 2.06 bits per heavy atom. The molecule has 0 radical (unpaired) electrons. The maximum atomic E-state index is 11.2. The van der Waals surface area contributed by atoms with Gasteiger partial charge in [0.15, 0.2) is 0 Å². The zero-order valence-corrected chi connectivity index (χ0v) is 11.3. The number of nitrogens with zero attached hydrogens (tertiary/aromatic N) is 1. The van der Waals surface area contributed by atoms with Gasteiger partial charge in [0.2, 0.25) is 0 Å². The Kier molecular flexibility index (Phi) is 3.08. The van der Waals surface area contributed by atoms with E-state index in [1.807, 2.05) is 20.9 Å². The van der Waals surface area contributed by atoms with Gasteiger partial charge in [-0.1, -0.05) is 6.07 Å². The quantitative estimate of drug-likeness (QED) is 0.833. The van der Waals surface area contributed by atoms with Crippen LogP contribution in [0, 0.1) is 13.8 Å². The molecule has 2 atom stereocenters. The van der Waals surface area contributed by atoms with Crippen molar-refractivity contribution in [3.05, 3.63) is 23.3 Å². The summed E-state index contributed by atoms with van der Waals surface area (Å²) in [4.78, 5) is 14.4. The van der Waals surface area contributed by atoms with Gasteiger partial charge in [-0.05, 0) is 38.0 Å². The molecule has 0 amide bonds. The molecule has 1 aromatic rings. The van der Waals surface area contributed by atoms with Crippen LogP contribution in [0.1, 0.15) is 18.1 Å². The number of thioether (sulfide) groups is 1. The van der Waals surface area contributed by atoms with E-state index in [9.17, 15) is 9.90 Å². The number of carboxylic acids is 1. The molecule has 0 bridgehead atoms. The van der Waals surface area contributed by atoms with Gasteiger partial charge in [-0.15, -0.1) is 11.8 Å². The fourth-order valence-corrected chi connectivity index (χ4v) is 3.79. The van der Waals surface area contributed by atoms with Crippen LogP contribution in [-0.4, -0.2) is 29.4 Å². The Morgan fingerprint density at radius 1 is 1.41 bits per heavy atom. The van der Waals surface area contributed by atoms with Crippen molar-refractivity contribution in [1.82, 2.24) is 0 Å². The largest absolute Gasteiger partial charge is 0.480 e. The molecule has 0 aliphatic carbocycles. The molecule has 0 fully saturated rings. The smallest absolute Gasteiger partial charge is 0.319 e. The highest BCUT2D eigenvalue weighted by molar-refractivity contribution is 8.01. The Hall–Kier alpha value is -1.16. The summed E-state index contributed by atoms with van der Waals surface area (Å²) in [5.74, 6) is -0.737. The Balaban J connectivity index is 2.52. The molecule has 0 spiro atoms. The molecule has 1 aliphatic rings. The van der Waals surface area contributed by atoms with Crippen molar-refractivity contribution in [3.63, 3.8) is 0 Å². The molecule has 17 heavy (non-hydrogen) atoms. The number of hydrogen-bond donors (Lipinski definition) is 1. The second-order valence-corrected chi connectivity index (χ2v) is 5.84. The maximum absolute atomic E-state index is 11.2. The van der Waals surface area contributed by atoms with E-state index in [-0.39, 0.29) is 6.04 Å². The number of anilines is 1. The number of fused-ring (bicyclic) bond motifs is 1. The lowest BCUT2D eigenvalue weighted by atomic mass is 10.1. The Morgan fingerprint density at radius 3 is 2.65 bits per heavy atom. The molecule has 0 saturated carbocycles. The molecule has 1 N–H and O–H groups in total. The van der Waals surface area contributed by atoms with Crippen LogP contribution in [0.3, 0.4) is 0 Å². The zero-order chi connectivity index (χ0) is 12.7. The van der Waals surface area contributed by atoms with E-state index in [0.29, 0.717) is 0 Å². The molecule has 0 saturated heterocycles. The lowest BCUT2D eigenvalue weighted by Gasteiger charge is -2.38. The number of aliphatic carboxylic acids is 1. The van der Waals surface area contributed by atoms with Crippen molar-refractivity contribution in [2.75, 3.05) is 11.9 Å². The molecular formula is C13H17NO2S. The molecule has 2 rings (SSSR count). The number of hydrogen-bond acceptors (Lipinski definition) is 3. The molecule has 1 heterocycles. The highest BCUT2D eigenvalue weighted by Gasteiger charge is 2.35. The first-order valence-electron chi connectivity index (χ1n) is 5.65. The van der Waals surface area contributed by atoms with E-state index in [1.165, 1.54) is 28.6 Å². The molecule has 1 aromatic carbocycles. The van der Waals surface area contributed by atoms with Crippen molar-refractivity contribution in [1.29, 1.82) is 0 Å². The molecule has 2 unspecified atom stereocenters. The van der Waals surface area contributed by atoms with Gasteiger partial charge in [0.25, 0.3) is 0 Å². The van der Waals surface area contributed by atoms with Crippen LogP contribution < -0.4 is 4.90 Å². The lowest BCUT2D eigenvalue weighted by molar-refractivity contribution is -0.136. The average molecular weight is 251 g/mol. The summed E-state index contributed by atoms with van der Waals surface area (Å²) in [6.07, 6.45) is 0. The first-order valence-corrected chi connectivity index (χ1v) is 6.53. The van der Waals surface area contributed by atoms with Crippen LogP contribution in [0.4, 0.5) is 5.69 Å². The normalized spacial score (nSPS) is 23.4. The number of carbonyl (C=O) groups is 1. The zero-order valence-electron chi connectivity index (χ0n) is 10.5. The third-order valence-corrected chi connectivity index (χ3v) is 4.72. The van der Waals surface area contributed by atoms with Gasteiger partial charge in [0.05, 0.1) is 5.69 Å². The van der Waals surface area contributed by atoms with Crippen LogP contribution in [0.25, 0.3) is 0 Å².